The zero-order valence-corrected chi connectivity index (χ0v) is 11.3. The number of hydrogen-bond donors (Lipinski definition) is 1. The molecule has 16 heavy (non-hydrogen) atoms. The molecule has 1 aromatic carbocycles. The minimum atomic E-state index is -0.0243. The van der Waals surface area contributed by atoms with E-state index in [2.05, 4.69) is 15.9 Å². The number of amides is 1. The lowest BCUT2D eigenvalue weighted by atomic mass is 10.2. The Bertz CT molecular complexity index is 391. The maximum atomic E-state index is 11.9. The van der Waals surface area contributed by atoms with Gasteiger partial charge in [0, 0.05) is 30.0 Å². The zero-order valence-electron chi connectivity index (χ0n) is 8.94. The second-order valence-electron chi connectivity index (χ2n) is 3.45. The van der Waals surface area contributed by atoms with Crippen molar-refractivity contribution in [3.05, 3.63) is 34.3 Å². The normalized spacial score (nSPS) is 9.88. The average Bonchev–Trinajstić information content (AvgIpc) is 2.26. The van der Waals surface area contributed by atoms with Crippen molar-refractivity contribution in [2.24, 2.45) is 5.73 Å². The lowest BCUT2D eigenvalue weighted by Gasteiger charge is -2.16. The first-order valence-electron chi connectivity index (χ1n) is 4.80. The molecule has 0 aliphatic rings. The minimum Gasteiger partial charge on any atom is -0.393 e. The third-order valence-corrected chi connectivity index (χ3v) is 2.86. The standard InChI is InChI=1S/C11H13BrN2OS/c1-14(7-6-10(13)16)11(15)8-2-4-9(12)5-3-8/h2-5H,6-7H2,1H3,(H2,13,16). The molecule has 86 valence electrons. The number of halogens is 1. The van der Waals surface area contributed by atoms with E-state index in [1.165, 1.54) is 0 Å². The fourth-order valence-corrected chi connectivity index (χ4v) is 1.55. The summed E-state index contributed by atoms with van der Waals surface area (Å²) in [6.07, 6.45) is 0.550. The van der Waals surface area contributed by atoms with Crippen LogP contribution in [0.1, 0.15) is 16.8 Å². The predicted molar refractivity (Wildman–Crippen MR) is 72.5 cm³/mol. The first-order valence-corrected chi connectivity index (χ1v) is 6.00. The van der Waals surface area contributed by atoms with E-state index >= 15 is 0 Å². The highest BCUT2D eigenvalue weighted by Gasteiger charge is 2.10. The number of rotatable bonds is 4. The van der Waals surface area contributed by atoms with Gasteiger partial charge in [0.1, 0.15) is 0 Å². The van der Waals surface area contributed by atoms with Gasteiger partial charge in [-0.05, 0) is 24.3 Å². The highest BCUT2D eigenvalue weighted by Crippen LogP contribution is 2.11. The Labute approximate surface area is 109 Å². The van der Waals surface area contributed by atoms with Gasteiger partial charge in [0.15, 0.2) is 0 Å². The van der Waals surface area contributed by atoms with E-state index in [4.69, 9.17) is 18.0 Å². The van der Waals surface area contributed by atoms with Crippen molar-refractivity contribution in [3.8, 4) is 0 Å². The second kappa shape index (κ2) is 5.96. The van der Waals surface area contributed by atoms with Crippen LogP contribution in [0.25, 0.3) is 0 Å². The number of nitrogens with zero attached hydrogens (tertiary/aromatic N) is 1. The molecule has 0 radical (unpaired) electrons. The van der Waals surface area contributed by atoms with E-state index in [-0.39, 0.29) is 5.91 Å². The van der Waals surface area contributed by atoms with Crippen LogP contribution in [-0.2, 0) is 0 Å². The minimum absolute atomic E-state index is 0.0243. The summed E-state index contributed by atoms with van der Waals surface area (Å²) in [6, 6.07) is 7.25. The summed E-state index contributed by atoms with van der Waals surface area (Å²) in [6.45, 7) is 0.546. The van der Waals surface area contributed by atoms with Gasteiger partial charge in [-0.1, -0.05) is 28.1 Å². The van der Waals surface area contributed by atoms with Crippen molar-refractivity contribution in [1.29, 1.82) is 0 Å². The lowest BCUT2D eigenvalue weighted by Crippen LogP contribution is -2.29. The van der Waals surface area contributed by atoms with Gasteiger partial charge >= 0.3 is 0 Å². The number of benzene rings is 1. The van der Waals surface area contributed by atoms with Crippen LogP contribution in [0.2, 0.25) is 0 Å². The number of hydrogen-bond acceptors (Lipinski definition) is 2. The van der Waals surface area contributed by atoms with Crippen LogP contribution >= 0.6 is 28.1 Å². The summed E-state index contributed by atoms with van der Waals surface area (Å²) >= 11 is 8.09. The summed E-state index contributed by atoms with van der Waals surface area (Å²) < 4.78 is 0.954. The van der Waals surface area contributed by atoms with Crippen molar-refractivity contribution in [2.45, 2.75) is 6.42 Å². The largest absolute Gasteiger partial charge is 0.393 e. The molecule has 1 aromatic rings. The van der Waals surface area contributed by atoms with E-state index in [9.17, 15) is 4.79 Å². The van der Waals surface area contributed by atoms with Crippen molar-refractivity contribution < 1.29 is 4.79 Å². The van der Waals surface area contributed by atoms with Gasteiger partial charge in [-0.15, -0.1) is 0 Å². The molecule has 5 heteroatoms. The molecule has 0 spiro atoms. The number of nitrogens with two attached hydrogens (primary N) is 1. The molecule has 0 saturated carbocycles. The van der Waals surface area contributed by atoms with Crippen LogP contribution in [0.5, 0.6) is 0 Å². The van der Waals surface area contributed by atoms with E-state index in [1.54, 1.807) is 24.1 Å². The maximum Gasteiger partial charge on any atom is 0.253 e. The van der Waals surface area contributed by atoms with E-state index < -0.39 is 0 Å². The third-order valence-electron chi connectivity index (χ3n) is 2.13. The molecule has 0 atom stereocenters. The van der Waals surface area contributed by atoms with Crippen LogP contribution in [0, 0.1) is 0 Å². The highest BCUT2D eigenvalue weighted by molar-refractivity contribution is 9.10. The van der Waals surface area contributed by atoms with Crippen LogP contribution in [0.15, 0.2) is 28.7 Å². The average molecular weight is 301 g/mol. The number of thiocarbonyl (C=S) groups is 1. The summed E-state index contributed by atoms with van der Waals surface area (Å²) in [4.78, 5) is 13.9. The van der Waals surface area contributed by atoms with Gasteiger partial charge in [0.2, 0.25) is 0 Å². The molecule has 1 amide bonds. The monoisotopic (exact) mass is 300 g/mol. The number of carbonyl (C=O) groups is 1. The fourth-order valence-electron chi connectivity index (χ4n) is 1.19. The van der Waals surface area contributed by atoms with Gasteiger partial charge in [-0.2, -0.15) is 0 Å². The molecular weight excluding hydrogens is 288 g/mol. The quantitative estimate of drug-likeness (QED) is 0.867. The summed E-state index contributed by atoms with van der Waals surface area (Å²) in [7, 11) is 1.74. The summed E-state index contributed by atoms with van der Waals surface area (Å²) in [5, 5.41) is 0. The molecule has 0 saturated heterocycles. The Morgan fingerprint density at radius 1 is 1.44 bits per heavy atom. The topological polar surface area (TPSA) is 46.3 Å². The van der Waals surface area contributed by atoms with Crippen LogP contribution in [0.3, 0.4) is 0 Å². The molecular formula is C11H13BrN2OS. The number of carbonyl (C=O) groups excluding carboxylic acids is 1. The molecule has 0 aromatic heterocycles. The molecule has 3 nitrogen and oxygen atoms in total. The fraction of sp³-hybridized carbons (Fsp3) is 0.273. The summed E-state index contributed by atoms with van der Waals surface area (Å²) in [5.74, 6) is -0.0243. The van der Waals surface area contributed by atoms with Gasteiger partial charge in [0.05, 0.1) is 4.99 Å². The Morgan fingerprint density at radius 2 is 2.00 bits per heavy atom. The van der Waals surface area contributed by atoms with Crippen molar-refractivity contribution in [2.75, 3.05) is 13.6 Å². The van der Waals surface area contributed by atoms with E-state index in [0.717, 1.165) is 4.47 Å². The SMILES string of the molecule is CN(CCC(N)=S)C(=O)c1ccc(Br)cc1. The van der Waals surface area contributed by atoms with Crippen LogP contribution in [-0.4, -0.2) is 29.4 Å². The van der Waals surface area contributed by atoms with Crippen molar-refractivity contribution >= 4 is 39.0 Å². The zero-order chi connectivity index (χ0) is 12.1. The molecule has 0 unspecified atom stereocenters. The Kier molecular flexibility index (Phi) is 4.89. The molecule has 0 bridgehead atoms. The molecule has 1 rings (SSSR count). The molecule has 0 aliphatic carbocycles. The lowest BCUT2D eigenvalue weighted by molar-refractivity contribution is 0.0799. The predicted octanol–water partition coefficient (Wildman–Crippen LogP) is 2.20. The van der Waals surface area contributed by atoms with Crippen LogP contribution < -0.4 is 5.73 Å². The van der Waals surface area contributed by atoms with E-state index in [1.807, 2.05) is 12.1 Å². The van der Waals surface area contributed by atoms with Gasteiger partial charge in [0.25, 0.3) is 5.91 Å². The van der Waals surface area contributed by atoms with Gasteiger partial charge in [-0.25, -0.2) is 0 Å². The molecule has 0 heterocycles. The third kappa shape index (κ3) is 3.90. The first kappa shape index (κ1) is 13.1. The Morgan fingerprint density at radius 3 is 2.50 bits per heavy atom. The smallest absolute Gasteiger partial charge is 0.253 e. The second-order valence-corrected chi connectivity index (χ2v) is 4.89. The van der Waals surface area contributed by atoms with E-state index in [0.29, 0.717) is 23.5 Å². The van der Waals surface area contributed by atoms with Gasteiger partial charge in [-0.3, -0.25) is 4.79 Å². The van der Waals surface area contributed by atoms with Crippen LogP contribution in [0.4, 0.5) is 0 Å². The molecule has 0 aliphatic heterocycles. The summed E-state index contributed by atoms with van der Waals surface area (Å²) in [5.41, 5.74) is 6.05. The Balaban J connectivity index is 2.63. The maximum absolute atomic E-state index is 11.9. The van der Waals surface area contributed by atoms with Crippen molar-refractivity contribution in [1.82, 2.24) is 4.90 Å². The molecule has 0 fully saturated rings. The molecule has 2 N–H and O–H groups in total. The Hall–Kier alpha value is -0.940. The van der Waals surface area contributed by atoms with Gasteiger partial charge < -0.3 is 10.6 Å². The first-order chi connectivity index (χ1) is 7.50. The highest BCUT2D eigenvalue weighted by atomic mass is 79.9. The van der Waals surface area contributed by atoms with Crippen molar-refractivity contribution in [3.63, 3.8) is 0 Å².